The number of urea groups is 1. The minimum Gasteiger partial charge on any atom is -0.494 e. The van der Waals surface area contributed by atoms with E-state index in [0.717, 1.165) is 0 Å². The average molecular weight is 387 g/mol. The summed E-state index contributed by atoms with van der Waals surface area (Å²) in [6.45, 7) is 5.72. The Hall–Kier alpha value is -3.09. The van der Waals surface area contributed by atoms with Crippen LogP contribution in [0.1, 0.15) is 38.8 Å². The zero-order valence-corrected chi connectivity index (χ0v) is 16.5. The molecule has 1 atom stereocenters. The monoisotopic (exact) mass is 387 g/mol. The molecule has 0 fully saturated rings. The first kappa shape index (κ1) is 21.2. The van der Waals surface area contributed by atoms with Crippen LogP contribution in [0.4, 0.5) is 20.6 Å². The van der Waals surface area contributed by atoms with Gasteiger partial charge < -0.3 is 20.7 Å². The molecular weight excluding hydrogens is 361 g/mol. The Morgan fingerprint density at radius 2 is 1.61 bits per heavy atom. The molecule has 0 radical (unpaired) electrons. The lowest BCUT2D eigenvalue weighted by atomic mass is 10.1. The van der Waals surface area contributed by atoms with Crippen molar-refractivity contribution in [3.8, 4) is 5.75 Å². The fourth-order valence-electron chi connectivity index (χ4n) is 2.62. The van der Waals surface area contributed by atoms with E-state index in [1.807, 2.05) is 13.8 Å². The fourth-order valence-corrected chi connectivity index (χ4v) is 2.62. The summed E-state index contributed by atoms with van der Waals surface area (Å²) in [6.07, 6.45) is 0.451. The summed E-state index contributed by atoms with van der Waals surface area (Å²) < 4.78 is 18.7. The predicted molar refractivity (Wildman–Crippen MR) is 108 cm³/mol. The van der Waals surface area contributed by atoms with Crippen molar-refractivity contribution in [3.05, 3.63) is 53.8 Å². The maximum Gasteiger partial charge on any atom is 0.319 e. The van der Waals surface area contributed by atoms with Crippen molar-refractivity contribution in [2.24, 2.45) is 5.92 Å². The molecule has 2 aromatic rings. The van der Waals surface area contributed by atoms with Gasteiger partial charge in [0.25, 0.3) is 0 Å². The van der Waals surface area contributed by atoms with Crippen molar-refractivity contribution in [2.75, 3.05) is 17.7 Å². The minimum atomic E-state index is -0.482. The van der Waals surface area contributed by atoms with Crippen LogP contribution < -0.4 is 20.7 Å². The van der Waals surface area contributed by atoms with E-state index in [1.54, 1.807) is 37.3 Å². The standard InChI is InChI=1S/C21H26FN3O3/c1-13(2)11-20(26)24-16-6-8-17(9-7-16)25-21(27)23-14(3)15-5-10-19(28-4)18(22)12-15/h5-10,12-14H,11H2,1-4H3,(H,24,26)(H2,23,25,27). The van der Waals surface area contributed by atoms with E-state index >= 15 is 0 Å². The van der Waals surface area contributed by atoms with Gasteiger partial charge in [0, 0.05) is 17.8 Å². The third-order valence-corrected chi connectivity index (χ3v) is 4.04. The van der Waals surface area contributed by atoms with Gasteiger partial charge in [-0.2, -0.15) is 0 Å². The smallest absolute Gasteiger partial charge is 0.319 e. The summed E-state index contributed by atoms with van der Waals surface area (Å²) in [5, 5.41) is 8.27. The molecule has 0 aliphatic heterocycles. The molecule has 1 unspecified atom stereocenters. The first-order valence-corrected chi connectivity index (χ1v) is 9.09. The number of hydrogen-bond acceptors (Lipinski definition) is 3. The summed E-state index contributed by atoms with van der Waals surface area (Å²) in [5.74, 6) is -0.0926. The molecular formula is C21H26FN3O3. The Morgan fingerprint density at radius 3 is 2.14 bits per heavy atom. The van der Waals surface area contributed by atoms with Crippen LogP contribution in [0.5, 0.6) is 5.75 Å². The largest absolute Gasteiger partial charge is 0.494 e. The maximum absolute atomic E-state index is 13.8. The number of rotatable bonds is 7. The van der Waals surface area contributed by atoms with Gasteiger partial charge >= 0.3 is 6.03 Å². The summed E-state index contributed by atoms with van der Waals surface area (Å²) >= 11 is 0. The molecule has 2 rings (SSSR count). The molecule has 0 aliphatic rings. The second-order valence-corrected chi connectivity index (χ2v) is 6.94. The van der Waals surface area contributed by atoms with Crippen LogP contribution in [0.15, 0.2) is 42.5 Å². The van der Waals surface area contributed by atoms with Gasteiger partial charge in [-0.1, -0.05) is 19.9 Å². The molecule has 7 heteroatoms. The molecule has 0 heterocycles. The molecule has 150 valence electrons. The lowest BCUT2D eigenvalue weighted by molar-refractivity contribution is -0.116. The first-order valence-electron chi connectivity index (χ1n) is 9.09. The van der Waals surface area contributed by atoms with Gasteiger partial charge in [-0.3, -0.25) is 4.79 Å². The molecule has 0 saturated carbocycles. The highest BCUT2D eigenvalue weighted by atomic mass is 19.1. The number of methoxy groups -OCH3 is 1. The third kappa shape index (κ3) is 6.26. The highest BCUT2D eigenvalue weighted by Crippen LogP contribution is 2.22. The number of hydrogen-bond donors (Lipinski definition) is 3. The van der Waals surface area contributed by atoms with Crippen LogP contribution in [0.3, 0.4) is 0 Å². The highest BCUT2D eigenvalue weighted by molar-refractivity contribution is 5.92. The Morgan fingerprint density at radius 1 is 1.00 bits per heavy atom. The summed E-state index contributed by atoms with van der Waals surface area (Å²) in [7, 11) is 1.40. The van der Waals surface area contributed by atoms with Crippen LogP contribution in [0.2, 0.25) is 0 Å². The van der Waals surface area contributed by atoms with Gasteiger partial charge in [0.2, 0.25) is 5.91 Å². The van der Waals surface area contributed by atoms with E-state index < -0.39 is 17.9 Å². The predicted octanol–water partition coefficient (Wildman–Crippen LogP) is 4.70. The number of amides is 3. The lowest BCUT2D eigenvalue weighted by Crippen LogP contribution is -2.31. The third-order valence-electron chi connectivity index (χ3n) is 4.04. The molecule has 0 bridgehead atoms. The quantitative estimate of drug-likeness (QED) is 0.644. The number of benzene rings is 2. The van der Waals surface area contributed by atoms with E-state index in [-0.39, 0.29) is 17.6 Å². The van der Waals surface area contributed by atoms with E-state index in [4.69, 9.17) is 4.74 Å². The molecule has 0 aliphatic carbocycles. The van der Waals surface area contributed by atoms with Crippen molar-refractivity contribution in [1.82, 2.24) is 5.32 Å². The fraction of sp³-hybridized carbons (Fsp3) is 0.333. The van der Waals surface area contributed by atoms with Crippen molar-refractivity contribution < 1.29 is 18.7 Å². The van der Waals surface area contributed by atoms with E-state index in [0.29, 0.717) is 23.4 Å². The Balaban J connectivity index is 1.90. The van der Waals surface area contributed by atoms with Crippen molar-refractivity contribution >= 4 is 23.3 Å². The van der Waals surface area contributed by atoms with Gasteiger partial charge in [0.15, 0.2) is 11.6 Å². The number of carbonyl (C=O) groups excluding carboxylic acids is 2. The summed E-state index contributed by atoms with van der Waals surface area (Å²) in [4.78, 5) is 24.0. The van der Waals surface area contributed by atoms with Gasteiger partial charge in [-0.15, -0.1) is 0 Å². The minimum absolute atomic E-state index is 0.0472. The van der Waals surface area contributed by atoms with Crippen LogP contribution in [0.25, 0.3) is 0 Å². The Kier molecular flexibility index (Phi) is 7.37. The molecule has 2 aromatic carbocycles. The van der Waals surface area contributed by atoms with Crippen LogP contribution >= 0.6 is 0 Å². The number of nitrogens with one attached hydrogen (secondary N) is 3. The lowest BCUT2D eigenvalue weighted by Gasteiger charge is -2.16. The number of ether oxygens (including phenoxy) is 1. The molecule has 0 spiro atoms. The van der Waals surface area contributed by atoms with Gasteiger partial charge in [-0.25, -0.2) is 9.18 Å². The van der Waals surface area contributed by atoms with Crippen molar-refractivity contribution in [1.29, 1.82) is 0 Å². The van der Waals surface area contributed by atoms with Crippen molar-refractivity contribution in [3.63, 3.8) is 0 Å². The van der Waals surface area contributed by atoms with Crippen molar-refractivity contribution in [2.45, 2.75) is 33.2 Å². The summed E-state index contributed by atoms with van der Waals surface area (Å²) in [5.41, 5.74) is 1.86. The molecule has 0 saturated heterocycles. The van der Waals surface area contributed by atoms with Crippen LogP contribution in [0, 0.1) is 11.7 Å². The van der Waals surface area contributed by atoms with Crippen LogP contribution in [-0.2, 0) is 4.79 Å². The highest BCUT2D eigenvalue weighted by Gasteiger charge is 2.12. The number of anilines is 2. The van der Waals surface area contributed by atoms with Crippen LogP contribution in [-0.4, -0.2) is 19.0 Å². The van der Waals surface area contributed by atoms with Gasteiger partial charge in [0.1, 0.15) is 0 Å². The first-order chi connectivity index (χ1) is 13.3. The van der Waals surface area contributed by atoms with Gasteiger partial charge in [0.05, 0.1) is 13.2 Å². The second kappa shape index (κ2) is 9.73. The Labute approximate surface area is 164 Å². The summed E-state index contributed by atoms with van der Waals surface area (Å²) in [6, 6.07) is 10.6. The molecule has 0 aromatic heterocycles. The van der Waals surface area contributed by atoms with E-state index in [1.165, 1.54) is 19.2 Å². The Bertz CT molecular complexity index is 822. The molecule has 3 amide bonds. The number of carbonyl (C=O) groups is 2. The van der Waals surface area contributed by atoms with Gasteiger partial charge in [-0.05, 0) is 54.8 Å². The second-order valence-electron chi connectivity index (χ2n) is 6.94. The zero-order chi connectivity index (χ0) is 20.7. The normalized spacial score (nSPS) is 11.6. The topological polar surface area (TPSA) is 79.5 Å². The van der Waals surface area contributed by atoms with E-state index in [9.17, 15) is 14.0 Å². The molecule has 3 N–H and O–H groups in total. The van der Waals surface area contributed by atoms with E-state index in [2.05, 4.69) is 16.0 Å². The average Bonchev–Trinajstić information content (AvgIpc) is 2.62. The molecule has 28 heavy (non-hydrogen) atoms. The zero-order valence-electron chi connectivity index (χ0n) is 16.5. The molecule has 6 nitrogen and oxygen atoms in total. The number of halogens is 1. The maximum atomic E-state index is 13.8. The SMILES string of the molecule is COc1ccc(C(C)NC(=O)Nc2ccc(NC(=O)CC(C)C)cc2)cc1F.